The van der Waals surface area contributed by atoms with Crippen molar-refractivity contribution in [1.82, 2.24) is 8.75 Å². The van der Waals surface area contributed by atoms with Crippen molar-refractivity contribution in [2.45, 2.75) is 6.42 Å². The summed E-state index contributed by atoms with van der Waals surface area (Å²) in [4.78, 5) is 0. The van der Waals surface area contributed by atoms with Crippen LogP contribution in [0, 0.1) is 0 Å². The molecule has 0 bridgehead atoms. The van der Waals surface area contributed by atoms with Gasteiger partial charge in [-0.05, 0) is 0 Å². The Kier molecular flexibility index (Phi) is 3.06. The van der Waals surface area contributed by atoms with Crippen LogP contribution in [0.15, 0.2) is 0 Å². The molecule has 0 aliphatic rings. The number of aliphatic hydroxyl groups excluding tert-OH is 1. The predicted octanol–water partition coefficient (Wildman–Crippen LogP) is -0.118. The first-order valence-corrected chi connectivity index (χ1v) is 3.89. The molecule has 0 fully saturated rings. The second-order valence-corrected chi connectivity index (χ2v) is 2.41. The number of rotatable bonds is 4. The minimum absolute atomic E-state index is 0.109. The Morgan fingerprint density at radius 3 is 2.91 bits per heavy atom. The van der Waals surface area contributed by atoms with Crippen LogP contribution in [0.1, 0.15) is 6.42 Å². The zero-order chi connectivity index (χ0) is 8.10. The zero-order valence-corrected chi connectivity index (χ0v) is 6.67. The molecule has 0 aromatic carbocycles. The van der Waals surface area contributed by atoms with Crippen LogP contribution in [0.2, 0.25) is 0 Å². The molecule has 1 aromatic rings. The third-order valence-corrected chi connectivity index (χ3v) is 1.55. The number of hydrogen-bond acceptors (Lipinski definition) is 6. The Hall–Kier alpha value is -0.880. The standard InChI is InChI=1S/C5H9N3O2S/c6-4-5(8-11-7-4)10-3-1-2-9/h9H,1-3H2,(H2,6,7). The summed E-state index contributed by atoms with van der Waals surface area (Å²) in [6.45, 7) is 0.531. The largest absolute Gasteiger partial charge is 0.474 e. The van der Waals surface area contributed by atoms with E-state index in [4.69, 9.17) is 15.6 Å². The normalized spacial score (nSPS) is 9.91. The van der Waals surface area contributed by atoms with E-state index in [9.17, 15) is 0 Å². The smallest absolute Gasteiger partial charge is 0.270 e. The fraction of sp³-hybridized carbons (Fsp3) is 0.600. The van der Waals surface area contributed by atoms with Crippen LogP contribution in [0.3, 0.4) is 0 Å². The third kappa shape index (κ3) is 2.32. The summed E-state index contributed by atoms with van der Waals surface area (Å²) in [5.74, 6) is 0.677. The molecule has 1 rings (SSSR count). The number of anilines is 1. The molecule has 5 nitrogen and oxygen atoms in total. The zero-order valence-electron chi connectivity index (χ0n) is 5.86. The van der Waals surface area contributed by atoms with Crippen LogP contribution in [0.25, 0.3) is 0 Å². The van der Waals surface area contributed by atoms with Crippen LogP contribution in [-0.2, 0) is 0 Å². The molecule has 0 saturated carbocycles. The Morgan fingerprint density at radius 2 is 2.36 bits per heavy atom. The summed E-state index contributed by atoms with van der Waals surface area (Å²) in [5.41, 5.74) is 5.37. The highest BCUT2D eigenvalue weighted by Gasteiger charge is 2.03. The summed E-state index contributed by atoms with van der Waals surface area (Å²) in [6.07, 6.45) is 0.580. The molecule has 0 aliphatic carbocycles. The maximum absolute atomic E-state index is 8.42. The number of nitrogen functional groups attached to an aromatic ring is 1. The summed E-state index contributed by atoms with van der Waals surface area (Å²) in [5, 5.41) is 8.42. The second-order valence-electron chi connectivity index (χ2n) is 1.88. The Labute approximate surface area is 68.1 Å². The highest BCUT2D eigenvalue weighted by atomic mass is 32.1. The molecule has 0 unspecified atom stereocenters. The van der Waals surface area contributed by atoms with Gasteiger partial charge < -0.3 is 15.6 Å². The molecule has 0 saturated heterocycles. The number of aromatic nitrogens is 2. The van der Waals surface area contributed by atoms with Crippen molar-refractivity contribution in [2.24, 2.45) is 0 Å². The van der Waals surface area contributed by atoms with Gasteiger partial charge in [-0.3, -0.25) is 0 Å². The van der Waals surface area contributed by atoms with Crippen LogP contribution in [0.5, 0.6) is 5.88 Å². The molecular formula is C5H9N3O2S. The highest BCUT2D eigenvalue weighted by molar-refractivity contribution is 6.99. The van der Waals surface area contributed by atoms with Crippen LogP contribution >= 0.6 is 11.7 Å². The van der Waals surface area contributed by atoms with E-state index in [-0.39, 0.29) is 6.61 Å². The van der Waals surface area contributed by atoms with Crippen molar-refractivity contribution in [2.75, 3.05) is 18.9 Å². The first-order valence-electron chi connectivity index (χ1n) is 3.16. The third-order valence-electron chi connectivity index (χ3n) is 1.02. The van der Waals surface area contributed by atoms with Gasteiger partial charge in [0.25, 0.3) is 5.88 Å². The summed E-state index contributed by atoms with van der Waals surface area (Å²) >= 11 is 1.01. The SMILES string of the molecule is Nc1nsnc1OCCCO. The molecule has 0 radical (unpaired) electrons. The molecule has 0 atom stereocenters. The van der Waals surface area contributed by atoms with Crippen molar-refractivity contribution in [3.05, 3.63) is 0 Å². The summed E-state index contributed by atoms with van der Waals surface area (Å²) < 4.78 is 12.6. The van der Waals surface area contributed by atoms with Gasteiger partial charge in [0.15, 0.2) is 0 Å². The Morgan fingerprint density at radius 1 is 1.55 bits per heavy atom. The van der Waals surface area contributed by atoms with E-state index >= 15 is 0 Å². The molecule has 6 heteroatoms. The molecule has 0 spiro atoms. The minimum atomic E-state index is 0.109. The van der Waals surface area contributed by atoms with E-state index in [1.54, 1.807) is 0 Å². The molecule has 1 aromatic heterocycles. The van der Waals surface area contributed by atoms with Gasteiger partial charge in [0.05, 0.1) is 18.3 Å². The number of ether oxygens (including phenoxy) is 1. The molecule has 3 N–H and O–H groups in total. The summed E-state index contributed by atoms with van der Waals surface area (Å²) in [6, 6.07) is 0. The number of nitrogens with zero attached hydrogens (tertiary/aromatic N) is 2. The Bertz CT molecular complexity index is 215. The van der Waals surface area contributed by atoms with Gasteiger partial charge in [0.2, 0.25) is 5.82 Å². The van der Waals surface area contributed by atoms with E-state index in [0.717, 1.165) is 11.7 Å². The van der Waals surface area contributed by atoms with Gasteiger partial charge in [-0.25, -0.2) is 0 Å². The molecule has 0 aliphatic heterocycles. The van der Waals surface area contributed by atoms with Crippen LogP contribution < -0.4 is 10.5 Å². The predicted molar refractivity (Wildman–Crippen MR) is 41.5 cm³/mol. The second kappa shape index (κ2) is 4.09. The quantitative estimate of drug-likeness (QED) is 0.623. The first-order chi connectivity index (χ1) is 5.34. The number of aliphatic hydroxyl groups is 1. The fourth-order valence-corrected chi connectivity index (χ4v) is 0.948. The maximum atomic E-state index is 8.42. The lowest BCUT2D eigenvalue weighted by atomic mass is 10.5. The van der Waals surface area contributed by atoms with Crippen LogP contribution in [-0.4, -0.2) is 27.1 Å². The first kappa shape index (κ1) is 8.22. The van der Waals surface area contributed by atoms with E-state index in [2.05, 4.69) is 8.75 Å². The van der Waals surface area contributed by atoms with E-state index < -0.39 is 0 Å². The van der Waals surface area contributed by atoms with Crippen molar-refractivity contribution in [3.8, 4) is 5.88 Å². The minimum Gasteiger partial charge on any atom is -0.474 e. The number of hydrogen-bond donors (Lipinski definition) is 2. The topological polar surface area (TPSA) is 81.3 Å². The average Bonchev–Trinajstić information content (AvgIpc) is 2.37. The lowest BCUT2D eigenvalue weighted by molar-refractivity contribution is 0.231. The van der Waals surface area contributed by atoms with E-state index in [1.165, 1.54) is 0 Å². The average molecular weight is 175 g/mol. The van der Waals surface area contributed by atoms with Gasteiger partial charge in [0.1, 0.15) is 0 Å². The van der Waals surface area contributed by atoms with Crippen molar-refractivity contribution < 1.29 is 9.84 Å². The molecular weight excluding hydrogens is 166 g/mol. The molecule has 1 heterocycles. The van der Waals surface area contributed by atoms with Gasteiger partial charge in [-0.2, -0.15) is 4.37 Å². The highest BCUT2D eigenvalue weighted by Crippen LogP contribution is 2.16. The maximum Gasteiger partial charge on any atom is 0.270 e. The number of nitrogens with two attached hydrogens (primary N) is 1. The Balaban J connectivity index is 2.32. The lowest BCUT2D eigenvalue weighted by Gasteiger charge is -1.99. The van der Waals surface area contributed by atoms with Gasteiger partial charge >= 0.3 is 0 Å². The van der Waals surface area contributed by atoms with Gasteiger partial charge in [-0.15, -0.1) is 4.37 Å². The van der Waals surface area contributed by atoms with Gasteiger partial charge in [0, 0.05) is 13.0 Å². The van der Waals surface area contributed by atoms with Crippen LogP contribution in [0.4, 0.5) is 5.82 Å². The molecule has 0 amide bonds. The van der Waals surface area contributed by atoms with Gasteiger partial charge in [-0.1, -0.05) is 0 Å². The van der Waals surface area contributed by atoms with Crippen molar-refractivity contribution >= 4 is 17.5 Å². The van der Waals surface area contributed by atoms with Crippen molar-refractivity contribution in [3.63, 3.8) is 0 Å². The lowest BCUT2D eigenvalue weighted by Crippen LogP contribution is -2.01. The molecule has 62 valence electrons. The monoisotopic (exact) mass is 175 g/mol. The fourth-order valence-electron chi connectivity index (χ4n) is 0.521. The van der Waals surface area contributed by atoms with E-state index in [1.807, 2.05) is 0 Å². The van der Waals surface area contributed by atoms with Crippen molar-refractivity contribution in [1.29, 1.82) is 0 Å². The van der Waals surface area contributed by atoms with E-state index in [0.29, 0.717) is 24.7 Å². The molecule has 11 heavy (non-hydrogen) atoms. The summed E-state index contributed by atoms with van der Waals surface area (Å²) in [7, 11) is 0.